The van der Waals surface area contributed by atoms with Crippen LogP contribution in [0.5, 0.6) is 0 Å². The molecular weight excluding hydrogens is 288 g/mol. The number of aromatic nitrogens is 2. The third kappa shape index (κ3) is 3.20. The van der Waals surface area contributed by atoms with Gasteiger partial charge in [-0.05, 0) is 19.1 Å². The molecule has 0 aromatic carbocycles. The molecule has 2 amide bonds. The zero-order valence-electron chi connectivity index (χ0n) is 11.7. The molecule has 3 heterocycles. The molecule has 0 spiro atoms. The highest BCUT2D eigenvalue weighted by Gasteiger charge is 2.24. The molecule has 2 aromatic heterocycles. The van der Waals surface area contributed by atoms with E-state index in [1.54, 1.807) is 11.1 Å². The molecular formula is C14H16N4O2S. The minimum Gasteiger partial charge on any atom is -0.377 e. The van der Waals surface area contributed by atoms with Crippen LogP contribution in [0.25, 0.3) is 10.7 Å². The molecule has 0 bridgehead atoms. The summed E-state index contributed by atoms with van der Waals surface area (Å²) in [6.45, 7) is 3.72. The minimum absolute atomic E-state index is 0.0765. The molecule has 110 valence electrons. The van der Waals surface area contributed by atoms with E-state index < -0.39 is 0 Å². The number of carbonyl (C=O) groups is 1. The maximum atomic E-state index is 12.2. The van der Waals surface area contributed by atoms with Crippen LogP contribution in [0.1, 0.15) is 6.92 Å². The van der Waals surface area contributed by atoms with E-state index in [9.17, 15) is 4.79 Å². The number of nitrogens with one attached hydrogen (secondary N) is 1. The van der Waals surface area contributed by atoms with E-state index >= 15 is 0 Å². The third-order valence-electron chi connectivity index (χ3n) is 3.25. The molecule has 1 fully saturated rings. The van der Waals surface area contributed by atoms with Crippen LogP contribution in [0.15, 0.2) is 29.8 Å². The fourth-order valence-corrected chi connectivity index (χ4v) is 2.88. The number of morpholine rings is 1. The molecule has 0 unspecified atom stereocenters. The van der Waals surface area contributed by atoms with Gasteiger partial charge in [-0.3, -0.25) is 10.3 Å². The van der Waals surface area contributed by atoms with Gasteiger partial charge in [0.1, 0.15) is 10.8 Å². The number of hydrogen-bond acceptors (Lipinski definition) is 5. The van der Waals surface area contributed by atoms with E-state index in [1.807, 2.05) is 30.5 Å². The standard InChI is InChI=1S/C14H16N4O2S/c1-10-8-20-7-6-18(10)14(19)17-12-9-21-13(16-12)11-4-2-3-5-15-11/h2-5,9-10H,6-8H2,1H3,(H,17,19)/t10-/m1/s1. The van der Waals surface area contributed by atoms with Gasteiger partial charge in [-0.1, -0.05) is 6.07 Å². The zero-order chi connectivity index (χ0) is 14.7. The summed E-state index contributed by atoms with van der Waals surface area (Å²) in [4.78, 5) is 22.7. The van der Waals surface area contributed by atoms with E-state index in [0.717, 1.165) is 10.7 Å². The monoisotopic (exact) mass is 304 g/mol. The van der Waals surface area contributed by atoms with Gasteiger partial charge in [0.25, 0.3) is 0 Å². The number of carbonyl (C=O) groups excluding carboxylic acids is 1. The first kappa shape index (κ1) is 14.0. The molecule has 3 rings (SSSR count). The van der Waals surface area contributed by atoms with Gasteiger partial charge in [-0.25, -0.2) is 9.78 Å². The van der Waals surface area contributed by atoms with Gasteiger partial charge >= 0.3 is 6.03 Å². The minimum atomic E-state index is -0.135. The molecule has 6 nitrogen and oxygen atoms in total. The van der Waals surface area contributed by atoms with Crippen LogP contribution in [0.4, 0.5) is 10.6 Å². The van der Waals surface area contributed by atoms with Gasteiger partial charge in [0.15, 0.2) is 0 Å². The van der Waals surface area contributed by atoms with E-state index in [-0.39, 0.29) is 12.1 Å². The first-order valence-corrected chi connectivity index (χ1v) is 7.64. The lowest BCUT2D eigenvalue weighted by molar-refractivity contribution is 0.0221. The van der Waals surface area contributed by atoms with Crippen molar-refractivity contribution < 1.29 is 9.53 Å². The number of ether oxygens (including phenoxy) is 1. The lowest BCUT2D eigenvalue weighted by atomic mass is 10.3. The average molecular weight is 304 g/mol. The number of amides is 2. The van der Waals surface area contributed by atoms with Gasteiger partial charge in [0.2, 0.25) is 0 Å². The van der Waals surface area contributed by atoms with Crippen molar-refractivity contribution in [2.45, 2.75) is 13.0 Å². The van der Waals surface area contributed by atoms with Crippen molar-refractivity contribution in [3.63, 3.8) is 0 Å². The number of thiazole rings is 1. The Morgan fingerprint density at radius 3 is 3.19 bits per heavy atom. The molecule has 0 aliphatic carbocycles. The Labute approximate surface area is 126 Å². The number of rotatable bonds is 2. The summed E-state index contributed by atoms with van der Waals surface area (Å²) in [5, 5.41) is 5.45. The van der Waals surface area contributed by atoms with Crippen molar-refractivity contribution in [2.75, 3.05) is 25.1 Å². The molecule has 1 N–H and O–H groups in total. The van der Waals surface area contributed by atoms with E-state index in [4.69, 9.17) is 4.74 Å². The van der Waals surface area contributed by atoms with Crippen molar-refractivity contribution in [1.29, 1.82) is 0 Å². The average Bonchev–Trinajstić information content (AvgIpc) is 2.97. The normalized spacial score (nSPS) is 18.5. The van der Waals surface area contributed by atoms with Crippen LogP contribution in [0, 0.1) is 0 Å². The van der Waals surface area contributed by atoms with E-state index in [2.05, 4.69) is 15.3 Å². The van der Waals surface area contributed by atoms with Crippen molar-refractivity contribution in [1.82, 2.24) is 14.9 Å². The number of hydrogen-bond donors (Lipinski definition) is 1. The van der Waals surface area contributed by atoms with Crippen LogP contribution in [0.2, 0.25) is 0 Å². The van der Waals surface area contributed by atoms with Crippen molar-refractivity contribution in [2.24, 2.45) is 0 Å². The lowest BCUT2D eigenvalue weighted by Gasteiger charge is -2.32. The Bertz CT molecular complexity index is 616. The van der Waals surface area contributed by atoms with Crippen LogP contribution >= 0.6 is 11.3 Å². The summed E-state index contributed by atoms with van der Waals surface area (Å²) in [6.07, 6.45) is 1.73. The summed E-state index contributed by atoms with van der Waals surface area (Å²) in [5.74, 6) is 0.560. The van der Waals surface area contributed by atoms with Crippen molar-refractivity contribution in [3.8, 4) is 10.7 Å². The summed E-state index contributed by atoms with van der Waals surface area (Å²) in [7, 11) is 0. The second kappa shape index (κ2) is 6.19. The maximum absolute atomic E-state index is 12.2. The third-order valence-corrected chi connectivity index (χ3v) is 4.12. The first-order chi connectivity index (χ1) is 10.2. The predicted molar refractivity (Wildman–Crippen MR) is 81.4 cm³/mol. The quantitative estimate of drug-likeness (QED) is 0.925. The smallest absolute Gasteiger partial charge is 0.323 e. The fraction of sp³-hybridized carbons (Fsp3) is 0.357. The topological polar surface area (TPSA) is 67.3 Å². The van der Waals surface area contributed by atoms with Crippen molar-refractivity contribution in [3.05, 3.63) is 29.8 Å². The number of anilines is 1. The molecule has 21 heavy (non-hydrogen) atoms. The van der Waals surface area contributed by atoms with Crippen molar-refractivity contribution >= 4 is 23.2 Å². The first-order valence-electron chi connectivity index (χ1n) is 6.76. The predicted octanol–water partition coefficient (Wildman–Crippen LogP) is 2.46. The summed E-state index contributed by atoms with van der Waals surface area (Å²) in [6, 6.07) is 5.61. The highest BCUT2D eigenvalue weighted by Crippen LogP contribution is 2.24. The Hall–Kier alpha value is -1.99. The van der Waals surface area contributed by atoms with E-state index in [0.29, 0.717) is 25.6 Å². The zero-order valence-corrected chi connectivity index (χ0v) is 12.5. The van der Waals surface area contributed by atoms with Gasteiger partial charge in [-0.15, -0.1) is 11.3 Å². The van der Waals surface area contributed by atoms with Crippen LogP contribution < -0.4 is 5.32 Å². The molecule has 1 aliphatic rings. The van der Waals surface area contributed by atoms with E-state index in [1.165, 1.54) is 11.3 Å². The van der Waals surface area contributed by atoms with Gasteiger partial charge in [0, 0.05) is 18.1 Å². The highest BCUT2D eigenvalue weighted by atomic mass is 32.1. The molecule has 7 heteroatoms. The highest BCUT2D eigenvalue weighted by molar-refractivity contribution is 7.13. The SMILES string of the molecule is C[C@@H]1COCCN1C(=O)Nc1csc(-c2ccccn2)n1. The summed E-state index contributed by atoms with van der Waals surface area (Å²) < 4.78 is 5.33. The molecule has 1 atom stereocenters. The molecule has 0 radical (unpaired) electrons. The largest absolute Gasteiger partial charge is 0.377 e. The Balaban J connectivity index is 1.68. The second-order valence-electron chi connectivity index (χ2n) is 4.80. The maximum Gasteiger partial charge on any atom is 0.323 e. The molecule has 2 aromatic rings. The van der Waals surface area contributed by atoms with Crippen LogP contribution in [0.3, 0.4) is 0 Å². The second-order valence-corrected chi connectivity index (χ2v) is 5.66. The molecule has 0 saturated carbocycles. The lowest BCUT2D eigenvalue weighted by Crippen LogP contribution is -2.48. The van der Waals surface area contributed by atoms with Gasteiger partial charge in [0.05, 0.1) is 24.9 Å². The van der Waals surface area contributed by atoms with Crippen LogP contribution in [-0.4, -0.2) is 46.7 Å². The number of urea groups is 1. The Kier molecular flexibility index (Phi) is 4.12. The summed E-state index contributed by atoms with van der Waals surface area (Å²) in [5.41, 5.74) is 0.808. The molecule has 1 aliphatic heterocycles. The van der Waals surface area contributed by atoms with Gasteiger partial charge in [-0.2, -0.15) is 0 Å². The fourth-order valence-electron chi connectivity index (χ4n) is 2.15. The number of nitrogens with zero attached hydrogens (tertiary/aromatic N) is 3. The summed E-state index contributed by atoms with van der Waals surface area (Å²) >= 11 is 1.46. The number of pyridine rings is 1. The Morgan fingerprint density at radius 2 is 2.43 bits per heavy atom. The molecule has 1 saturated heterocycles. The Morgan fingerprint density at radius 1 is 1.52 bits per heavy atom. The van der Waals surface area contributed by atoms with Crippen LogP contribution in [-0.2, 0) is 4.74 Å². The van der Waals surface area contributed by atoms with Gasteiger partial charge < -0.3 is 9.64 Å².